The maximum absolute atomic E-state index is 4.58. The lowest BCUT2D eigenvalue weighted by atomic mass is 10.2. The van der Waals surface area contributed by atoms with E-state index in [4.69, 9.17) is 0 Å². The van der Waals surface area contributed by atoms with Gasteiger partial charge in [0, 0.05) is 11.8 Å². The zero-order valence-electron chi connectivity index (χ0n) is 14.1. The molecule has 0 bridgehead atoms. The second kappa shape index (κ2) is 5.60. The molecule has 3 heterocycles. The van der Waals surface area contributed by atoms with E-state index < -0.39 is 0 Å². The van der Waals surface area contributed by atoms with Crippen molar-refractivity contribution in [1.82, 2.24) is 9.97 Å². The standard InChI is InChI=1S/C19H20N5/c1-14-8-4-5-9-16(14)24-15(2)23(17-12-20-13-21-19(17)24)18-10-6-7-11-22(18)3/h4-13,15H,1-3H3/q+1/t15-/m0/s1. The van der Waals surface area contributed by atoms with E-state index in [1.807, 2.05) is 12.3 Å². The zero-order valence-corrected chi connectivity index (χ0v) is 14.1. The van der Waals surface area contributed by atoms with Crippen LogP contribution in [0.15, 0.2) is 61.2 Å². The Hall–Kier alpha value is -2.95. The minimum atomic E-state index is 0.103. The van der Waals surface area contributed by atoms with Crippen LogP contribution in [0.3, 0.4) is 0 Å². The molecule has 0 saturated heterocycles. The fraction of sp³-hybridized carbons (Fsp3) is 0.211. The first kappa shape index (κ1) is 14.6. The third kappa shape index (κ3) is 2.12. The van der Waals surface area contributed by atoms with Gasteiger partial charge in [-0.25, -0.2) is 19.4 Å². The largest absolute Gasteiger partial charge is 0.283 e. The van der Waals surface area contributed by atoms with Gasteiger partial charge in [0.25, 0.3) is 5.82 Å². The van der Waals surface area contributed by atoms with E-state index in [1.54, 1.807) is 6.33 Å². The van der Waals surface area contributed by atoms with Crippen LogP contribution in [-0.2, 0) is 7.05 Å². The molecule has 0 unspecified atom stereocenters. The Morgan fingerprint density at radius 3 is 2.58 bits per heavy atom. The smallest absolute Gasteiger partial charge is 0.282 e. The Balaban J connectivity index is 1.91. The molecule has 0 saturated carbocycles. The van der Waals surface area contributed by atoms with E-state index >= 15 is 0 Å². The van der Waals surface area contributed by atoms with Crippen molar-refractivity contribution in [3.63, 3.8) is 0 Å². The number of nitrogens with zero attached hydrogens (tertiary/aromatic N) is 5. The van der Waals surface area contributed by atoms with Crippen molar-refractivity contribution in [1.29, 1.82) is 0 Å². The van der Waals surface area contributed by atoms with Gasteiger partial charge in [-0.3, -0.25) is 4.90 Å². The number of hydrogen-bond acceptors (Lipinski definition) is 4. The van der Waals surface area contributed by atoms with Gasteiger partial charge in [-0.05, 0) is 31.5 Å². The SMILES string of the molecule is Cc1ccccc1N1c2ncncc2N(c2cccc[n+]2C)[C@@H]1C. The van der Waals surface area contributed by atoms with Gasteiger partial charge in [0.05, 0.1) is 19.4 Å². The molecule has 3 aromatic rings. The molecule has 0 N–H and O–H groups in total. The summed E-state index contributed by atoms with van der Waals surface area (Å²) in [5.41, 5.74) is 3.43. The van der Waals surface area contributed by atoms with Crippen LogP contribution >= 0.6 is 0 Å². The van der Waals surface area contributed by atoms with Crippen molar-refractivity contribution in [2.75, 3.05) is 9.80 Å². The molecular formula is C19H20N5+. The molecule has 1 aliphatic heterocycles. The van der Waals surface area contributed by atoms with E-state index in [-0.39, 0.29) is 6.17 Å². The number of aromatic nitrogens is 3. The van der Waals surface area contributed by atoms with Gasteiger partial charge in [-0.2, -0.15) is 0 Å². The van der Waals surface area contributed by atoms with Crippen LogP contribution in [0.4, 0.5) is 23.0 Å². The van der Waals surface area contributed by atoms with Gasteiger partial charge in [0.15, 0.2) is 17.7 Å². The third-order valence-electron chi connectivity index (χ3n) is 4.56. The first-order valence-corrected chi connectivity index (χ1v) is 8.07. The Kier molecular flexibility index (Phi) is 3.41. The third-order valence-corrected chi connectivity index (χ3v) is 4.56. The number of pyridine rings is 1. The maximum atomic E-state index is 4.58. The molecule has 0 aliphatic carbocycles. The first-order chi connectivity index (χ1) is 11.7. The summed E-state index contributed by atoms with van der Waals surface area (Å²) < 4.78 is 2.12. The number of benzene rings is 1. The normalized spacial score (nSPS) is 16.4. The number of hydrogen-bond donors (Lipinski definition) is 0. The summed E-state index contributed by atoms with van der Waals surface area (Å²) in [6, 6.07) is 14.6. The van der Waals surface area contributed by atoms with E-state index in [0.29, 0.717) is 0 Å². The van der Waals surface area contributed by atoms with Gasteiger partial charge < -0.3 is 0 Å². The topological polar surface area (TPSA) is 36.1 Å². The monoisotopic (exact) mass is 318 g/mol. The summed E-state index contributed by atoms with van der Waals surface area (Å²) in [5, 5.41) is 0. The number of rotatable bonds is 2. The molecule has 5 heteroatoms. The highest BCUT2D eigenvalue weighted by Crippen LogP contribution is 2.45. The van der Waals surface area contributed by atoms with Gasteiger partial charge in [0.1, 0.15) is 6.33 Å². The number of anilines is 4. The van der Waals surface area contributed by atoms with E-state index in [1.165, 1.54) is 11.3 Å². The van der Waals surface area contributed by atoms with Crippen LogP contribution in [0.2, 0.25) is 0 Å². The van der Waals surface area contributed by atoms with Crippen LogP contribution in [-0.4, -0.2) is 16.1 Å². The van der Waals surface area contributed by atoms with E-state index in [0.717, 1.165) is 17.3 Å². The fourth-order valence-corrected chi connectivity index (χ4v) is 3.39. The Morgan fingerprint density at radius 1 is 1.00 bits per heavy atom. The zero-order chi connectivity index (χ0) is 16.7. The van der Waals surface area contributed by atoms with Crippen molar-refractivity contribution in [2.24, 2.45) is 7.05 Å². The fourth-order valence-electron chi connectivity index (χ4n) is 3.39. The summed E-state index contributed by atoms with van der Waals surface area (Å²) in [6.45, 7) is 4.33. The summed E-state index contributed by atoms with van der Waals surface area (Å²) >= 11 is 0. The van der Waals surface area contributed by atoms with E-state index in [2.05, 4.69) is 87.8 Å². The van der Waals surface area contributed by atoms with Crippen molar-refractivity contribution in [3.8, 4) is 0 Å². The Morgan fingerprint density at radius 2 is 1.79 bits per heavy atom. The van der Waals surface area contributed by atoms with Crippen molar-refractivity contribution < 1.29 is 4.57 Å². The van der Waals surface area contributed by atoms with Crippen molar-refractivity contribution >= 4 is 23.0 Å². The predicted octanol–water partition coefficient (Wildman–Crippen LogP) is 3.25. The highest BCUT2D eigenvalue weighted by molar-refractivity contribution is 5.84. The summed E-state index contributed by atoms with van der Waals surface area (Å²) in [6.07, 6.45) is 5.67. The molecule has 1 aliphatic rings. The summed E-state index contributed by atoms with van der Waals surface area (Å²) in [5.74, 6) is 2.05. The lowest BCUT2D eigenvalue weighted by Gasteiger charge is -2.25. The lowest BCUT2D eigenvalue weighted by Crippen LogP contribution is -2.43. The number of fused-ring (bicyclic) bond motifs is 1. The molecule has 0 amide bonds. The predicted molar refractivity (Wildman–Crippen MR) is 94.6 cm³/mol. The Labute approximate surface area is 141 Å². The second-order valence-corrected chi connectivity index (χ2v) is 6.06. The van der Waals surface area contributed by atoms with Gasteiger partial charge in [-0.1, -0.05) is 24.3 Å². The average Bonchev–Trinajstić information content (AvgIpc) is 2.88. The van der Waals surface area contributed by atoms with Gasteiger partial charge in [0.2, 0.25) is 0 Å². The molecule has 24 heavy (non-hydrogen) atoms. The summed E-state index contributed by atoms with van der Waals surface area (Å²) in [4.78, 5) is 13.4. The van der Waals surface area contributed by atoms with Gasteiger partial charge in [-0.15, -0.1) is 0 Å². The molecule has 1 aromatic carbocycles. The highest BCUT2D eigenvalue weighted by atomic mass is 15.5. The molecule has 4 rings (SSSR count). The molecule has 120 valence electrons. The molecular weight excluding hydrogens is 298 g/mol. The van der Waals surface area contributed by atoms with Gasteiger partial charge >= 0.3 is 0 Å². The van der Waals surface area contributed by atoms with E-state index in [9.17, 15) is 0 Å². The Bertz CT molecular complexity index is 820. The molecule has 1 atom stereocenters. The second-order valence-electron chi connectivity index (χ2n) is 6.06. The number of aryl methyl sites for hydroxylation is 2. The number of para-hydroxylation sites is 1. The average molecular weight is 318 g/mol. The van der Waals surface area contributed by atoms with Crippen LogP contribution in [0.25, 0.3) is 0 Å². The quantitative estimate of drug-likeness (QED) is 0.680. The van der Waals surface area contributed by atoms with Crippen molar-refractivity contribution in [2.45, 2.75) is 20.0 Å². The van der Waals surface area contributed by atoms with Crippen molar-refractivity contribution in [3.05, 3.63) is 66.7 Å². The molecule has 0 radical (unpaired) electrons. The molecule has 2 aromatic heterocycles. The first-order valence-electron chi connectivity index (χ1n) is 8.07. The minimum Gasteiger partial charge on any atom is -0.282 e. The minimum absolute atomic E-state index is 0.103. The molecule has 0 spiro atoms. The molecule has 5 nitrogen and oxygen atoms in total. The van der Waals surface area contributed by atoms with Crippen LogP contribution in [0.5, 0.6) is 0 Å². The highest BCUT2D eigenvalue weighted by Gasteiger charge is 2.43. The van der Waals surface area contributed by atoms with Crippen LogP contribution in [0, 0.1) is 6.92 Å². The maximum Gasteiger partial charge on any atom is 0.283 e. The lowest BCUT2D eigenvalue weighted by molar-refractivity contribution is -0.658. The summed E-state index contributed by atoms with van der Waals surface area (Å²) in [7, 11) is 2.06. The molecule has 0 fully saturated rings. The van der Waals surface area contributed by atoms with Crippen LogP contribution in [0.1, 0.15) is 12.5 Å². The van der Waals surface area contributed by atoms with Crippen LogP contribution < -0.4 is 14.4 Å².